The Morgan fingerprint density at radius 1 is 1.26 bits per heavy atom. The number of rotatable bonds is 5. The van der Waals surface area contributed by atoms with E-state index in [4.69, 9.17) is 10.5 Å². The molecule has 0 bridgehead atoms. The van der Waals surface area contributed by atoms with Gasteiger partial charge >= 0.3 is 5.97 Å². The first-order valence-electron chi connectivity index (χ1n) is 5.84. The Hall–Kier alpha value is -2.37. The van der Waals surface area contributed by atoms with E-state index in [1.54, 1.807) is 19.1 Å². The number of carbonyl (C=O) groups excluding carboxylic acids is 3. The largest absolute Gasteiger partial charge is 0.453 e. The van der Waals surface area contributed by atoms with E-state index in [9.17, 15) is 14.4 Å². The molecule has 0 saturated carbocycles. The fraction of sp³-hybridized carbons (Fsp3) is 0.308. The highest BCUT2D eigenvalue weighted by Gasteiger charge is 2.16. The Morgan fingerprint density at radius 2 is 1.84 bits per heavy atom. The lowest BCUT2D eigenvalue weighted by molar-refractivity contribution is -0.152. The van der Waals surface area contributed by atoms with Gasteiger partial charge in [0, 0.05) is 17.7 Å². The zero-order chi connectivity index (χ0) is 14.4. The van der Waals surface area contributed by atoms with E-state index in [2.05, 4.69) is 5.32 Å². The molecule has 0 unspecified atom stereocenters. The minimum Gasteiger partial charge on any atom is -0.453 e. The van der Waals surface area contributed by atoms with Gasteiger partial charge in [-0.25, -0.2) is 0 Å². The van der Waals surface area contributed by atoms with Gasteiger partial charge < -0.3 is 15.8 Å². The van der Waals surface area contributed by atoms with Gasteiger partial charge in [-0.3, -0.25) is 14.4 Å². The second-order valence-electron chi connectivity index (χ2n) is 3.92. The molecule has 6 nitrogen and oxygen atoms in total. The average Bonchev–Trinajstić information content (AvgIpc) is 2.38. The van der Waals surface area contributed by atoms with Crippen LogP contribution in [-0.4, -0.2) is 23.9 Å². The molecule has 19 heavy (non-hydrogen) atoms. The first-order chi connectivity index (χ1) is 8.93. The molecule has 1 aromatic carbocycles. The molecule has 0 heterocycles. The summed E-state index contributed by atoms with van der Waals surface area (Å²) in [6.45, 7) is 3.14. The van der Waals surface area contributed by atoms with Crippen LogP contribution in [0.15, 0.2) is 24.3 Å². The first-order valence-corrected chi connectivity index (χ1v) is 5.84. The fourth-order valence-electron chi connectivity index (χ4n) is 1.30. The molecule has 1 rings (SSSR count). The number of esters is 1. The summed E-state index contributed by atoms with van der Waals surface area (Å²) < 4.78 is 4.87. The van der Waals surface area contributed by atoms with Gasteiger partial charge in [0.15, 0.2) is 6.10 Å². The van der Waals surface area contributed by atoms with Crippen LogP contribution >= 0.6 is 0 Å². The number of primary amides is 1. The zero-order valence-electron chi connectivity index (χ0n) is 10.8. The van der Waals surface area contributed by atoms with E-state index in [0.29, 0.717) is 11.3 Å². The zero-order valence-corrected chi connectivity index (χ0v) is 10.8. The Bertz CT molecular complexity index is 482. The Balaban J connectivity index is 2.61. The van der Waals surface area contributed by atoms with Crippen molar-refractivity contribution in [3.8, 4) is 0 Å². The summed E-state index contributed by atoms with van der Waals surface area (Å²) in [7, 11) is 0. The Morgan fingerprint density at radius 3 is 2.32 bits per heavy atom. The van der Waals surface area contributed by atoms with Crippen molar-refractivity contribution >= 4 is 23.5 Å². The van der Waals surface area contributed by atoms with E-state index in [-0.39, 0.29) is 6.42 Å². The predicted molar refractivity (Wildman–Crippen MR) is 69.4 cm³/mol. The number of nitrogens with two attached hydrogens (primary N) is 1. The van der Waals surface area contributed by atoms with Crippen molar-refractivity contribution in [2.24, 2.45) is 5.73 Å². The predicted octanol–water partition coefficient (Wildman–Crippen LogP) is 1.07. The molecule has 0 aliphatic rings. The molecule has 0 aliphatic heterocycles. The number of amides is 2. The van der Waals surface area contributed by atoms with Crippen LogP contribution in [0.5, 0.6) is 0 Å². The minimum absolute atomic E-state index is 0.213. The van der Waals surface area contributed by atoms with Gasteiger partial charge in [0.25, 0.3) is 5.91 Å². The topological polar surface area (TPSA) is 98.5 Å². The monoisotopic (exact) mass is 264 g/mol. The van der Waals surface area contributed by atoms with Crippen molar-refractivity contribution in [2.45, 2.75) is 26.4 Å². The summed E-state index contributed by atoms with van der Waals surface area (Å²) in [5, 5.41) is 2.57. The number of hydrogen-bond acceptors (Lipinski definition) is 4. The smallest absolute Gasteiger partial charge is 0.306 e. The van der Waals surface area contributed by atoms with Crippen LogP contribution in [0.1, 0.15) is 30.6 Å². The van der Waals surface area contributed by atoms with Crippen molar-refractivity contribution in [3.63, 3.8) is 0 Å². The standard InChI is InChI=1S/C13H16N2O4/c1-3-11(16)19-8(2)13(18)15-10-6-4-9(5-7-10)12(14)17/h4-8H,3H2,1-2H3,(H2,14,17)(H,15,18)/t8-/m1/s1. The van der Waals surface area contributed by atoms with Crippen LogP contribution in [0, 0.1) is 0 Å². The molecule has 1 atom stereocenters. The number of carbonyl (C=O) groups is 3. The quantitative estimate of drug-likeness (QED) is 0.777. The molecule has 3 N–H and O–H groups in total. The van der Waals surface area contributed by atoms with Crippen LogP contribution in [0.3, 0.4) is 0 Å². The van der Waals surface area contributed by atoms with E-state index in [1.807, 2.05) is 0 Å². The maximum absolute atomic E-state index is 11.7. The normalized spacial score (nSPS) is 11.5. The number of ether oxygens (including phenoxy) is 1. The van der Waals surface area contributed by atoms with Gasteiger partial charge in [-0.15, -0.1) is 0 Å². The molecule has 0 aliphatic carbocycles. The van der Waals surface area contributed by atoms with Gasteiger partial charge in [0.2, 0.25) is 5.91 Å². The van der Waals surface area contributed by atoms with Crippen LogP contribution in [0.4, 0.5) is 5.69 Å². The van der Waals surface area contributed by atoms with Gasteiger partial charge in [-0.05, 0) is 31.2 Å². The van der Waals surface area contributed by atoms with Crippen LogP contribution in [0.25, 0.3) is 0 Å². The van der Waals surface area contributed by atoms with Crippen molar-refractivity contribution < 1.29 is 19.1 Å². The summed E-state index contributed by atoms with van der Waals surface area (Å²) in [6, 6.07) is 6.10. The lowest BCUT2D eigenvalue weighted by atomic mass is 10.2. The van der Waals surface area contributed by atoms with Crippen molar-refractivity contribution in [1.82, 2.24) is 0 Å². The van der Waals surface area contributed by atoms with E-state index >= 15 is 0 Å². The van der Waals surface area contributed by atoms with Crippen molar-refractivity contribution in [1.29, 1.82) is 0 Å². The SMILES string of the molecule is CCC(=O)O[C@H](C)C(=O)Nc1ccc(C(N)=O)cc1. The second-order valence-corrected chi connectivity index (χ2v) is 3.92. The van der Waals surface area contributed by atoms with E-state index in [1.165, 1.54) is 19.1 Å². The number of benzene rings is 1. The number of anilines is 1. The molecule has 0 aromatic heterocycles. The molecule has 0 spiro atoms. The molecule has 2 amide bonds. The van der Waals surface area contributed by atoms with E-state index in [0.717, 1.165) is 0 Å². The minimum atomic E-state index is -0.872. The lowest BCUT2D eigenvalue weighted by Gasteiger charge is -2.13. The maximum atomic E-state index is 11.7. The highest BCUT2D eigenvalue weighted by molar-refractivity contribution is 5.96. The van der Waals surface area contributed by atoms with Gasteiger partial charge in [0.1, 0.15) is 0 Å². The summed E-state index contributed by atoms with van der Waals surface area (Å²) in [5.41, 5.74) is 5.94. The van der Waals surface area contributed by atoms with Crippen LogP contribution in [0.2, 0.25) is 0 Å². The number of nitrogens with one attached hydrogen (secondary N) is 1. The Labute approximate surface area is 110 Å². The third-order valence-electron chi connectivity index (χ3n) is 2.40. The third kappa shape index (κ3) is 4.42. The summed E-state index contributed by atoms with van der Waals surface area (Å²) >= 11 is 0. The molecule has 102 valence electrons. The van der Waals surface area contributed by atoms with Crippen LogP contribution < -0.4 is 11.1 Å². The van der Waals surface area contributed by atoms with Gasteiger partial charge in [-0.2, -0.15) is 0 Å². The molecule has 6 heteroatoms. The average molecular weight is 264 g/mol. The highest BCUT2D eigenvalue weighted by Crippen LogP contribution is 2.10. The molecule has 1 aromatic rings. The second kappa shape index (κ2) is 6.53. The third-order valence-corrected chi connectivity index (χ3v) is 2.40. The first kappa shape index (κ1) is 14.7. The van der Waals surface area contributed by atoms with Crippen molar-refractivity contribution in [3.05, 3.63) is 29.8 Å². The Kier molecular flexibility index (Phi) is 5.05. The van der Waals surface area contributed by atoms with Crippen molar-refractivity contribution in [2.75, 3.05) is 5.32 Å². The molecular weight excluding hydrogens is 248 g/mol. The van der Waals surface area contributed by atoms with Gasteiger partial charge in [0.05, 0.1) is 0 Å². The number of hydrogen-bond donors (Lipinski definition) is 2. The molecule has 0 saturated heterocycles. The molecular formula is C13H16N2O4. The van der Waals surface area contributed by atoms with Crippen LogP contribution in [-0.2, 0) is 14.3 Å². The molecule has 0 fully saturated rings. The maximum Gasteiger partial charge on any atom is 0.306 e. The fourth-order valence-corrected chi connectivity index (χ4v) is 1.30. The summed E-state index contributed by atoms with van der Waals surface area (Å²) in [6.07, 6.45) is -0.659. The highest BCUT2D eigenvalue weighted by atomic mass is 16.5. The molecule has 0 radical (unpaired) electrons. The summed E-state index contributed by atoms with van der Waals surface area (Å²) in [5.74, 6) is -1.41. The summed E-state index contributed by atoms with van der Waals surface area (Å²) in [4.78, 5) is 33.6. The van der Waals surface area contributed by atoms with Gasteiger partial charge in [-0.1, -0.05) is 6.92 Å². The lowest BCUT2D eigenvalue weighted by Crippen LogP contribution is -2.29. The van der Waals surface area contributed by atoms with E-state index < -0.39 is 23.9 Å².